The predicted octanol–water partition coefficient (Wildman–Crippen LogP) is 2.24. The molecule has 2 atom stereocenters. The highest BCUT2D eigenvalue weighted by molar-refractivity contribution is 6.06. The second kappa shape index (κ2) is 5.79. The Morgan fingerprint density at radius 2 is 1.85 bits per heavy atom. The molecule has 0 fully saturated rings. The third-order valence-electron chi connectivity index (χ3n) is 5.25. The van der Waals surface area contributed by atoms with Gasteiger partial charge in [0.1, 0.15) is 46.5 Å². The van der Waals surface area contributed by atoms with Gasteiger partial charge >= 0.3 is 0 Å². The number of carbonyl (C=O) groups excluding carboxylic acids is 1. The number of fused-ring (bicyclic) bond motifs is 2. The highest BCUT2D eigenvalue weighted by Crippen LogP contribution is 2.45. The average molecular weight is 372 g/mol. The highest BCUT2D eigenvalue weighted by Gasteiger charge is 2.40. The minimum absolute atomic E-state index is 0.0291. The van der Waals surface area contributed by atoms with E-state index in [0.29, 0.717) is 16.9 Å². The van der Waals surface area contributed by atoms with E-state index < -0.39 is 23.4 Å². The molecule has 2 heterocycles. The zero-order chi connectivity index (χ0) is 19.5. The molecule has 0 amide bonds. The number of Topliss-reactive ketones (excluding diaryl/α,β-unsaturated/α-hetero) is 1. The first kappa shape index (κ1) is 17.5. The molecule has 0 aliphatic carbocycles. The lowest BCUT2D eigenvalue weighted by molar-refractivity contribution is -0.0417. The van der Waals surface area contributed by atoms with E-state index in [0.717, 1.165) is 6.07 Å². The van der Waals surface area contributed by atoms with Crippen LogP contribution in [0, 0.1) is 0 Å². The van der Waals surface area contributed by atoms with Gasteiger partial charge in [-0.25, -0.2) is 0 Å². The SMILES string of the molecule is CC1(C)Oc2ccc([C@H]3COc4cc(O)cc(O)c4C3=O)c(O)c2C[C@@H]1O. The quantitative estimate of drug-likeness (QED) is 0.606. The van der Waals surface area contributed by atoms with Crippen molar-refractivity contribution in [3.05, 3.63) is 41.0 Å². The van der Waals surface area contributed by atoms with Crippen LogP contribution >= 0.6 is 0 Å². The van der Waals surface area contributed by atoms with Crippen molar-refractivity contribution < 1.29 is 34.7 Å². The normalized spacial score (nSPS) is 23.0. The number of phenols is 3. The largest absolute Gasteiger partial charge is 0.508 e. The lowest BCUT2D eigenvalue weighted by Crippen LogP contribution is -2.46. The lowest BCUT2D eigenvalue weighted by atomic mass is 9.84. The van der Waals surface area contributed by atoms with Gasteiger partial charge < -0.3 is 29.9 Å². The summed E-state index contributed by atoms with van der Waals surface area (Å²) in [6.45, 7) is 3.48. The van der Waals surface area contributed by atoms with Gasteiger partial charge in [0.05, 0.1) is 12.0 Å². The van der Waals surface area contributed by atoms with Crippen LogP contribution in [0.3, 0.4) is 0 Å². The molecule has 0 saturated heterocycles. The summed E-state index contributed by atoms with van der Waals surface area (Å²) in [5.74, 6) is -1.38. The van der Waals surface area contributed by atoms with Crippen molar-refractivity contribution in [2.45, 2.75) is 37.9 Å². The summed E-state index contributed by atoms with van der Waals surface area (Å²) < 4.78 is 11.3. The zero-order valence-electron chi connectivity index (χ0n) is 14.9. The van der Waals surface area contributed by atoms with E-state index in [9.17, 15) is 25.2 Å². The van der Waals surface area contributed by atoms with E-state index in [1.54, 1.807) is 26.0 Å². The molecule has 4 rings (SSSR count). The molecule has 7 heteroatoms. The van der Waals surface area contributed by atoms with Gasteiger partial charge in [-0.15, -0.1) is 0 Å². The monoisotopic (exact) mass is 372 g/mol. The van der Waals surface area contributed by atoms with E-state index in [-0.39, 0.29) is 41.6 Å². The van der Waals surface area contributed by atoms with Crippen LogP contribution in [0.15, 0.2) is 24.3 Å². The summed E-state index contributed by atoms with van der Waals surface area (Å²) in [7, 11) is 0. The van der Waals surface area contributed by atoms with Crippen LogP contribution in [-0.2, 0) is 6.42 Å². The fourth-order valence-corrected chi connectivity index (χ4v) is 3.60. The third kappa shape index (κ3) is 2.66. The Kier molecular flexibility index (Phi) is 3.75. The van der Waals surface area contributed by atoms with Gasteiger partial charge in [-0.3, -0.25) is 4.79 Å². The molecule has 2 aromatic rings. The summed E-state index contributed by atoms with van der Waals surface area (Å²) in [6.07, 6.45) is -0.614. The Bertz CT molecular complexity index is 948. The van der Waals surface area contributed by atoms with Crippen molar-refractivity contribution in [3.8, 4) is 28.7 Å². The maximum Gasteiger partial charge on any atom is 0.181 e. The summed E-state index contributed by atoms with van der Waals surface area (Å²) in [5.41, 5.74) is -0.0314. The van der Waals surface area contributed by atoms with Crippen LogP contribution in [0.1, 0.15) is 41.3 Å². The van der Waals surface area contributed by atoms with Gasteiger partial charge in [0.25, 0.3) is 0 Å². The molecule has 2 aromatic carbocycles. The number of ether oxygens (including phenoxy) is 2. The van der Waals surface area contributed by atoms with Crippen molar-refractivity contribution >= 4 is 5.78 Å². The van der Waals surface area contributed by atoms with E-state index in [4.69, 9.17) is 9.47 Å². The molecule has 2 aliphatic heterocycles. The lowest BCUT2D eigenvalue weighted by Gasteiger charge is -2.37. The maximum atomic E-state index is 12.9. The molecule has 27 heavy (non-hydrogen) atoms. The Morgan fingerprint density at radius 1 is 1.11 bits per heavy atom. The molecule has 142 valence electrons. The van der Waals surface area contributed by atoms with Gasteiger partial charge in [0.15, 0.2) is 5.78 Å². The molecule has 0 radical (unpaired) electrons. The van der Waals surface area contributed by atoms with E-state index in [1.807, 2.05) is 0 Å². The highest BCUT2D eigenvalue weighted by atomic mass is 16.5. The zero-order valence-corrected chi connectivity index (χ0v) is 14.9. The number of carbonyl (C=O) groups is 1. The Hall–Kier alpha value is -2.93. The smallest absolute Gasteiger partial charge is 0.181 e. The molecule has 0 spiro atoms. The molecular weight excluding hydrogens is 352 g/mol. The first-order valence-corrected chi connectivity index (χ1v) is 8.64. The number of ketones is 1. The fourth-order valence-electron chi connectivity index (χ4n) is 3.60. The minimum Gasteiger partial charge on any atom is -0.508 e. The van der Waals surface area contributed by atoms with E-state index in [1.165, 1.54) is 6.07 Å². The van der Waals surface area contributed by atoms with E-state index in [2.05, 4.69) is 0 Å². The minimum atomic E-state index is -0.828. The van der Waals surface area contributed by atoms with Crippen molar-refractivity contribution in [2.75, 3.05) is 6.61 Å². The summed E-state index contributed by atoms with van der Waals surface area (Å²) in [4.78, 5) is 12.9. The van der Waals surface area contributed by atoms with Gasteiger partial charge in [-0.05, 0) is 19.9 Å². The number of aromatic hydroxyl groups is 3. The number of rotatable bonds is 1. The number of aliphatic hydroxyl groups is 1. The molecule has 4 N–H and O–H groups in total. The predicted molar refractivity (Wildman–Crippen MR) is 94.9 cm³/mol. The third-order valence-corrected chi connectivity index (χ3v) is 5.25. The molecule has 0 unspecified atom stereocenters. The molecule has 2 aliphatic rings. The molecule has 7 nitrogen and oxygen atoms in total. The van der Waals surface area contributed by atoms with Crippen LogP contribution < -0.4 is 9.47 Å². The molecule has 0 aromatic heterocycles. The van der Waals surface area contributed by atoms with Crippen molar-refractivity contribution in [1.82, 2.24) is 0 Å². The van der Waals surface area contributed by atoms with Crippen LogP contribution in [0.4, 0.5) is 0 Å². The van der Waals surface area contributed by atoms with Crippen LogP contribution in [0.5, 0.6) is 28.7 Å². The van der Waals surface area contributed by atoms with Gasteiger partial charge in [0.2, 0.25) is 0 Å². The van der Waals surface area contributed by atoms with Crippen molar-refractivity contribution in [1.29, 1.82) is 0 Å². The number of phenolic OH excluding ortho intramolecular Hbond substituents is 3. The van der Waals surface area contributed by atoms with Gasteiger partial charge in [-0.1, -0.05) is 6.07 Å². The first-order chi connectivity index (χ1) is 12.7. The number of benzene rings is 2. The summed E-state index contributed by atoms with van der Waals surface area (Å²) in [5, 5.41) is 40.6. The summed E-state index contributed by atoms with van der Waals surface area (Å²) >= 11 is 0. The number of hydrogen-bond acceptors (Lipinski definition) is 7. The Labute approximate surface area is 155 Å². The molecular formula is C20H20O7. The second-order valence-corrected chi connectivity index (χ2v) is 7.47. The second-order valence-electron chi connectivity index (χ2n) is 7.47. The van der Waals surface area contributed by atoms with Crippen LogP contribution in [0.2, 0.25) is 0 Å². The van der Waals surface area contributed by atoms with Crippen molar-refractivity contribution in [3.63, 3.8) is 0 Å². The summed E-state index contributed by atoms with van der Waals surface area (Å²) in [6, 6.07) is 5.59. The number of hydrogen-bond donors (Lipinski definition) is 4. The molecule has 0 bridgehead atoms. The van der Waals surface area contributed by atoms with Crippen molar-refractivity contribution in [2.24, 2.45) is 0 Å². The maximum absolute atomic E-state index is 12.9. The van der Waals surface area contributed by atoms with Gasteiger partial charge in [-0.2, -0.15) is 0 Å². The first-order valence-electron chi connectivity index (χ1n) is 8.64. The standard InChI is InChI=1S/C20H20O7/c1-20(2)16(23)7-11-14(27-20)4-3-10(18(11)24)12-8-26-15-6-9(21)5-13(22)17(15)19(12)25/h3-6,12,16,21-24H,7-8H2,1-2H3/t12-,16+/m1/s1. The van der Waals surface area contributed by atoms with Crippen LogP contribution in [-0.4, -0.2) is 44.5 Å². The Balaban J connectivity index is 1.75. The Morgan fingerprint density at radius 3 is 2.59 bits per heavy atom. The van der Waals surface area contributed by atoms with E-state index >= 15 is 0 Å². The fraction of sp³-hybridized carbons (Fsp3) is 0.350. The average Bonchev–Trinajstić information content (AvgIpc) is 2.57. The number of aliphatic hydroxyl groups excluding tert-OH is 1. The topological polar surface area (TPSA) is 116 Å². The molecule has 0 saturated carbocycles. The van der Waals surface area contributed by atoms with Gasteiger partial charge in [0, 0.05) is 29.7 Å². The van der Waals surface area contributed by atoms with Crippen LogP contribution in [0.25, 0.3) is 0 Å².